The zero-order chi connectivity index (χ0) is 15.4. The monoisotopic (exact) mass is 318 g/mol. The van der Waals surface area contributed by atoms with Crippen molar-refractivity contribution in [3.63, 3.8) is 0 Å². The summed E-state index contributed by atoms with van der Waals surface area (Å²) in [6, 6.07) is 7.70. The summed E-state index contributed by atoms with van der Waals surface area (Å²) in [5.41, 5.74) is 3.79. The van der Waals surface area contributed by atoms with E-state index in [9.17, 15) is 4.79 Å². The number of rotatable bonds is 5. The fourth-order valence-electron chi connectivity index (χ4n) is 1.80. The van der Waals surface area contributed by atoms with E-state index in [0.29, 0.717) is 10.9 Å². The Hall–Kier alpha value is -1.33. The van der Waals surface area contributed by atoms with Crippen molar-refractivity contribution in [3.8, 4) is 0 Å². The molecule has 0 radical (unpaired) electrons. The summed E-state index contributed by atoms with van der Waals surface area (Å²) < 4.78 is 0. The molecule has 1 aromatic carbocycles. The van der Waals surface area contributed by atoms with E-state index in [0.717, 1.165) is 27.4 Å². The van der Waals surface area contributed by atoms with Gasteiger partial charge in [0, 0.05) is 21.8 Å². The van der Waals surface area contributed by atoms with Crippen molar-refractivity contribution in [2.75, 3.05) is 12.0 Å². The Bertz CT molecular complexity index is 631. The van der Waals surface area contributed by atoms with Crippen molar-refractivity contribution >= 4 is 29.3 Å². The molecule has 3 nitrogen and oxygen atoms in total. The van der Waals surface area contributed by atoms with Gasteiger partial charge in [-0.3, -0.25) is 4.79 Å². The van der Waals surface area contributed by atoms with Crippen LogP contribution >= 0.6 is 23.5 Å². The molecule has 0 saturated heterocycles. The van der Waals surface area contributed by atoms with Gasteiger partial charge in [-0.05, 0) is 44.7 Å². The minimum absolute atomic E-state index is 0.104. The van der Waals surface area contributed by atoms with Crippen LogP contribution in [0.5, 0.6) is 0 Å². The van der Waals surface area contributed by atoms with Crippen LogP contribution in [0, 0.1) is 20.8 Å². The van der Waals surface area contributed by atoms with Crippen molar-refractivity contribution in [1.29, 1.82) is 0 Å². The lowest BCUT2D eigenvalue weighted by molar-refractivity contribution is 0.102. The van der Waals surface area contributed by atoms with Crippen molar-refractivity contribution in [1.82, 2.24) is 9.97 Å². The number of aromatic nitrogens is 2. The van der Waals surface area contributed by atoms with E-state index >= 15 is 0 Å². The summed E-state index contributed by atoms with van der Waals surface area (Å²) in [6.07, 6.45) is 2.02. The van der Waals surface area contributed by atoms with Gasteiger partial charge in [0.1, 0.15) is 0 Å². The van der Waals surface area contributed by atoms with Gasteiger partial charge in [0.05, 0.1) is 5.75 Å². The molecule has 2 rings (SSSR count). The smallest absolute Gasteiger partial charge is 0.188 e. The van der Waals surface area contributed by atoms with Crippen molar-refractivity contribution in [2.45, 2.75) is 30.8 Å². The number of nitrogens with zero attached hydrogens (tertiary/aromatic N) is 2. The van der Waals surface area contributed by atoms with Crippen LogP contribution in [0.4, 0.5) is 0 Å². The fourth-order valence-corrected chi connectivity index (χ4v) is 3.03. The van der Waals surface area contributed by atoms with Crippen molar-refractivity contribution in [3.05, 3.63) is 46.8 Å². The van der Waals surface area contributed by atoms with E-state index in [1.54, 1.807) is 11.8 Å². The first-order valence-electron chi connectivity index (χ1n) is 6.63. The molecule has 1 aromatic heterocycles. The Morgan fingerprint density at radius 3 is 2.14 bits per heavy atom. The number of ketones is 1. The number of Topliss-reactive ketones (excluding diaryl/α,β-unsaturated/α-hetero) is 1. The van der Waals surface area contributed by atoms with Crippen LogP contribution in [0.25, 0.3) is 0 Å². The first-order chi connectivity index (χ1) is 10.0. The van der Waals surface area contributed by atoms with Gasteiger partial charge in [-0.15, -0.1) is 11.8 Å². The first-order valence-corrected chi connectivity index (χ1v) is 8.84. The molecular weight excluding hydrogens is 300 g/mol. The molecule has 0 fully saturated rings. The van der Waals surface area contributed by atoms with Gasteiger partial charge in [-0.25, -0.2) is 9.97 Å². The quantitative estimate of drug-likeness (QED) is 0.472. The number of thioether (sulfide) groups is 2. The predicted molar refractivity (Wildman–Crippen MR) is 89.5 cm³/mol. The number of carbonyl (C=O) groups excluding carboxylic acids is 1. The lowest BCUT2D eigenvalue weighted by Gasteiger charge is -2.06. The third kappa shape index (κ3) is 4.08. The Morgan fingerprint density at radius 1 is 1.05 bits per heavy atom. The molecule has 110 valence electrons. The summed E-state index contributed by atoms with van der Waals surface area (Å²) in [6.45, 7) is 5.95. The van der Waals surface area contributed by atoms with E-state index < -0.39 is 0 Å². The van der Waals surface area contributed by atoms with Crippen LogP contribution in [0.1, 0.15) is 27.3 Å². The minimum atomic E-state index is 0.104. The molecule has 0 saturated carbocycles. The maximum atomic E-state index is 12.2. The molecular formula is C16H18N2OS2. The highest BCUT2D eigenvalue weighted by atomic mass is 32.2. The summed E-state index contributed by atoms with van der Waals surface area (Å²) in [5, 5.41) is 0.671. The minimum Gasteiger partial charge on any atom is -0.293 e. The average Bonchev–Trinajstić information content (AvgIpc) is 2.50. The fraction of sp³-hybridized carbons (Fsp3) is 0.312. The van der Waals surface area contributed by atoms with Gasteiger partial charge >= 0.3 is 0 Å². The van der Waals surface area contributed by atoms with E-state index in [1.807, 2.05) is 51.3 Å². The number of benzene rings is 1. The summed E-state index contributed by atoms with van der Waals surface area (Å²) >= 11 is 3.06. The maximum Gasteiger partial charge on any atom is 0.188 e. The number of hydrogen-bond acceptors (Lipinski definition) is 5. The third-order valence-corrected chi connectivity index (χ3v) is 4.95. The Morgan fingerprint density at radius 2 is 1.62 bits per heavy atom. The molecule has 0 amide bonds. The molecule has 0 spiro atoms. The second-order valence-electron chi connectivity index (χ2n) is 4.74. The maximum absolute atomic E-state index is 12.2. The van der Waals surface area contributed by atoms with Crippen LogP contribution in [0.3, 0.4) is 0 Å². The van der Waals surface area contributed by atoms with Gasteiger partial charge in [-0.1, -0.05) is 23.9 Å². The Labute approximate surface area is 134 Å². The summed E-state index contributed by atoms with van der Waals surface area (Å²) in [5.74, 6) is 0.465. The van der Waals surface area contributed by atoms with Crippen LogP contribution < -0.4 is 0 Å². The highest BCUT2D eigenvalue weighted by molar-refractivity contribution is 7.99. The third-order valence-electron chi connectivity index (χ3n) is 3.36. The van der Waals surface area contributed by atoms with Crippen molar-refractivity contribution in [2.24, 2.45) is 0 Å². The highest BCUT2D eigenvalue weighted by Crippen LogP contribution is 2.20. The second kappa shape index (κ2) is 7.09. The predicted octanol–water partition coefficient (Wildman–Crippen LogP) is 4.10. The topological polar surface area (TPSA) is 42.9 Å². The molecule has 0 aliphatic heterocycles. The average molecular weight is 318 g/mol. The van der Waals surface area contributed by atoms with E-state index in [4.69, 9.17) is 0 Å². The van der Waals surface area contributed by atoms with Crippen LogP contribution in [-0.2, 0) is 0 Å². The lowest BCUT2D eigenvalue weighted by Crippen LogP contribution is -2.04. The molecule has 1 heterocycles. The zero-order valence-corrected chi connectivity index (χ0v) is 14.3. The molecule has 21 heavy (non-hydrogen) atoms. The summed E-state index contributed by atoms with van der Waals surface area (Å²) in [7, 11) is 0. The molecule has 0 N–H and O–H groups in total. The Kier molecular flexibility index (Phi) is 5.42. The highest BCUT2D eigenvalue weighted by Gasteiger charge is 2.10. The normalized spacial score (nSPS) is 10.7. The summed E-state index contributed by atoms with van der Waals surface area (Å²) in [4.78, 5) is 22.2. The molecule has 0 bridgehead atoms. The lowest BCUT2D eigenvalue weighted by atomic mass is 10.1. The number of aryl methyl sites for hydroxylation is 2. The zero-order valence-electron chi connectivity index (χ0n) is 12.6. The molecule has 0 aliphatic carbocycles. The van der Waals surface area contributed by atoms with Gasteiger partial charge in [-0.2, -0.15) is 0 Å². The van der Waals surface area contributed by atoms with E-state index in [1.165, 1.54) is 11.8 Å². The van der Waals surface area contributed by atoms with Gasteiger partial charge in [0.25, 0.3) is 0 Å². The van der Waals surface area contributed by atoms with Crippen LogP contribution in [0.2, 0.25) is 0 Å². The second-order valence-corrected chi connectivity index (χ2v) is 6.56. The Balaban J connectivity index is 2.03. The largest absolute Gasteiger partial charge is 0.293 e. The molecule has 5 heteroatoms. The molecule has 0 aliphatic rings. The molecule has 2 aromatic rings. The SMILES string of the molecule is CSc1ccc(C(=O)CSc2nc(C)c(C)c(C)n2)cc1. The van der Waals surface area contributed by atoms with Gasteiger partial charge in [0.2, 0.25) is 0 Å². The van der Waals surface area contributed by atoms with Gasteiger partial charge < -0.3 is 0 Å². The van der Waals surface area contributed by atoms with E-state index in [2.05, 4.69) is 9.97 Å². The number of hydrogen-bond donors (Lipinski definition) is 0. The standard InChI is InChI=1S/C16H18N2OS2/c1-10-11(2)17-16(18-12(10)3)21-9-15(19)13-5-7-14(20-4)8-6-13/h5-8H,9H2,1-4H3. The van der Waals surface area contributed by atoms with Crippen molar-refractivity contribution < 1.29 is 4.79 Å². The van der Waals surface area contributed by atoms with Crippen LogP contribution in [0.15, 0.2) is 34.3 Å². The van der Waals surface area contributed by atoms with Crippen LogP contribution in [-0.4, -0.2) is 27.8 Å². The molecule has 0 atom stereocenters. The van der Waals surface area contributed by atoms with Gasteiger partial charge in [0.15, 0.2) is 10.9 Å². The van der Waals surface area contributed by atoms with E-state index in [-0.39, 0.29) is 5.78 Å². The molecule has 0 unspecified atom stereocenters. The first kappa shape index (κ1) is 16.0. The number of carbonyl (C=O) groups is 1.